The Bertz CT molecular complexity index is 1370. The highest BCUT2D eigenvalue weighted by Crippen LogP contribution is 2.29. The molecule has 2 amide bonds. The van der Waals surface area contributed by atoms with E-state index < -0.39 is 35.6 Å². The highest BCUT2D eigenvalue weighted by molar-refractivity contribution is 5.98. The molecule has 1 aliphatic rings. The molecule has 3 aromatic carbocycles. The average Bonchev–Trinajstić information content (AvgIpc) is 3.75. The largest absolute Gasteiger partial charge is 0.445 e. The number of nitrogens with one attached hydrogen (secondary N) is 2. The number of benzene rings is 3. The third-order valence-corrected chi connectivity index (χ3v) is 7.47. The van der Waals surface area contributed by atoms with Gasteiger partial charge < -0.3 is 20.1 Å². The lowest BCUT2D eigenvalue weighted by molar-refractivity contribution is -0.134. The van der Waals surface area contributed by atoms with Crippen LogP contribution in [0.25, 0.3) is 0 Å². The average molecular weight is 571 g/mol. The van der Waals surface area contributed by atoms with Gasteiger partial charge >= 0.3 is 6.09 Å². The molecule has 1 aliphatic heterocycles. The summed E-state index contributed by atoms with van der Waals surface area (Å²) >= 11 is 0. The molecule has 0 bridgehead atoms. The Kier molecular flexibility index (Phi) is 10.3. The minimum atomic E-state index is -0.923. The van der Waals surface area contributed by atoms with E-state index in [0.717, 1.165) is 22.3 Å². The molecule has 0 aromatic heterocycles. The number of Topliss-reactive ketones (excluding diaryl/α,β-unsaturated/α-hetero) is 2. The van der Waals surface area contributed by atoms with Gasteiger partial charge in [0.25, 0.3) is 0 Å². The highest BCUT2D eigenvalue weighted by Gasteiger charge is 2.50. The van der Waals surface area contributed by atoms with Crippen LogP contribution in [0.5, 0.6) is 0 Å². The maximum Gasteiger partial charge on any atom is 0.408 e. The summed E-state index contributed by atoms with van der Waals surface area (Å²) in [5, 5.41) is 5.51. The molecule has 8 heteroatoms. The number of ether oxygens (including phenoxy) is 2. The van der Waals surface area contributed by atoms with Gasteiger partial charge in [-0.15, -0.1) is 0 Å². The monoisotopic (exact) mass is 570 g/mol. The van der Waals surface area contributed by atoms with Gasteiger partial charge in [0.2, 0.25) is 5.91 Å². The van der Waals surface area contributed by atoms with Crippen molar-refractivity contribution in [3.63, 3.8) is 0 Å². The second-order valence-electron chi connectivity index (χ2n) is 11.1. The van der Waals surface area contributed by atoms with E-state index in [-0.39, 0.29) is 24.6 Å². The van der Waals surface area contributed by atoms with Gasteiger partial charge in [-0.05, 0) is 50.3 Å². The molecule has 0 radical (unpaired) electrons. The molecule has 1 saturated heterocycles. The van der Waals surface area contributed by atoms with Crippen LogP contribution in [0.1, 0.15) is 42.5 Å². The number of amides is 2. The van der Waals surface area contributed by atoms with Crippen LogP contribution in [0.2, 0.25) is 0 Å². The number of aryl methyl sites for hydroxylation is 1. The molecule has 0 spiro atoms. The van der Waals surface area contributed by atoms with Crippen molar-refractivity contribution in [1.29, 1.82) is 0 Å². The molecule has 1 heterocycles. The van der Waals surface area contributed by atoms with Gasteiger partial charge in [-0.1, -0.05) is 90.5 Å². The molecule has 0 saturated carbocycles. The third-order valence-electron chi connectivity index (χ3n) is 7.47. The smallest absolute Gasteiger partial charge is 0.408 e. The van der Waals surface area contributed by atoms with Crippen molar-refractivity contribution < 1.29 is 28.7 Å². The zero-order chi connectivity index (χ0) is 30.1. The first-order valence-electron chi connectivity index (χ1n) is 14.2. The molecule has 220 valence electrons. The van der Waals surface area contributed by atoms with Crippen molar-refractivity contribution in [2.24, 2.45) is 5.92 Å². The molecule has 8 nitrogen and oxygen atoms in total. The summed E-state index contributed by atoms with van der Waals surface area (Å²) < 4.78 is 10.7. The van der Waals surface area contributed by atoms with Crippen LogP contribution in [0, 0.1) is 12.8 Å². The number of hydrogen-bond acceptors (Lipinski definition) is 6. The van der Waals surface area contributed by atoms with E-state index in [1.807, 2.05) is 91.9 Å². The van der Waals surface area contributed by atoms with Crippen molar-refractivity contribution in [3.8, 4) is 0 Å². The van der Waals surface area contributed by atoms with E-state index in [4.69, 9.17) is 9.47 Å². The number of hydrogen-bond donors (Lipinski definition) is 2. The highest BCUT2D eigenvalue weighted by atomic mass is 16.6. The van der Waals surface area contributed by atoms with E-state index >= 15 is 0 Å². The van der Waals surface area contributed by atoms with Crippen molar-refractivity contribution in [2.75, 3.05) is 6.61 Å². The molecule has 0 unspecified atom stereocenters. The Labute approximate surface area is 246 Å². The van der Waals surface area contributed by atoms with Crippen LogP contribution in [0.15, 0.2) is 84.9 Å². The molecule has 0 aliphatic carbocycles. The fraction of sp³-hybridized carbons (Fsp3) is 0.353. The van der Waals surface area contributed by atoms with Gasteiger partial charge in [0, 0.05) is 12.3 Å². The lowest BCUT2D eigenvalue weighted by Crippen LogP contribution is -2.50. The maximum atomic E-state index is 13.7. The van der Waals surface area contributed by atoms with E-state index in [0.29, 0.717) is 19.4 Å². The van der Waals surface area contributed by atoms with Crippen LogP contribution in [0.4, 0.5) is 4.79 Å². The second-order valence-corrected chi connectivity index (χ2v) is 11.1. The minimum absolute atomic E-state index is 0.0749. The second kappa shape index (κ2) is 14.0. The SMILES string of the molecule is Cc1ccc(C[C@H](CC(=O)[C@H](C)NC(=O)OCc2ccccc2)C(=O)N[C@@H](Cc2ccccc2)C(=O)[C@@]2(C)CO2)cc1. The summed E-state index contributed by atoms with van der Waals surface area (Å²) in [7, 11) is 0. The number of carbonyl (C=O) groups excluding carboxylic acids is 4. The summed E-state index contributed by atoms with van der Waals surface area (Å²) in [6.07, 6.45) is -0.241. The Morgan fingerprint density at radius 3 is 2.00 bits per heavy atom. The molecule has 2 N–H and O–H groups in total. The molecule has 42 heavy (non-hydrogen) atoms. The van der Waals surface area contributed by atoms with E-state index in [1.54, 1.807) is 13.8 Å². The number of carbonyl (C=O) groups is 4. The topological polar surface area (TPSA) is 114 Å². The standard InChI is InChI=1S/C34H38N2O6/c1-23-14-16-26(17-15-23)18-28(20-30(37)24(2)35-33(40)41-21-27-12-8-5-9-13-27)32(39)36-29(31(38)34(3)22-42-34)19-25-10-6-4-7-11-25/h4-17,24,28-29H,18-22H2,1-3H3,(H,35,40)(H,36,39)/t24-,28+,29-,34+/m0/s1. The van der Waals surface area contributed by atoms with Gasteiger partial charge in [-0.25, -0.2) is 4.79 Å². The number of epoxide rings is 1. The molecule has 4 atom stereocenters. The van der Waals surface area contributed by atoms with Crippen molar-refractivity contribution in [1.82, 2.24) is 10.6 Å². The predicted molar refractivity (Wildman–Crippen MR) is 159 cm³/mol. The lowest BCUT2D eigenvalue weighted by atomic mass is 9.89. The van der Waals surface area contributed by atoms with Crippen LogP contribution in [-0.2, 0) is 43.3 Å². The van der Waals surface area contributed by atoms with Gasteiger partial charge in [0.05, 0.1) is 18.7 Å². The van der Waals surface area contributed by atoms with Crippen molar-refractivity contribution >= 4 is 23.6 Å². The summed E-state index contributed by atoms with van der Waals surface area (Å²) in [6, 6.07) is 24.8. The molecule has 3 aromatic rings. The summed E-state index contributed by atoms with van der Waals surface area (Å²) in [5.74, 6) is -1.68. The van der Waals surface area contributed by atoms with Gasteiger partial charge in [-0.3, -0.25) is 14.4 Å². The first kappa shape index (κ1) is 30.7. The number of rotatable bonds is 14. The van der Waals surface area contributed by atoms with Crippen LogP contribution in [0.3, 0.4) is 0 Å². The van der Waals surface area contributed by atoms with Gasteiger partial charge in [0.15, 0.2) is 11.6 Å². The first-order valence-corrected chi connectivity index (χ1v) is 14.2. The van der Waals surface area contributed by atoms with Gasteiger partial charge in [0.1, 0.15) is 12.2 Å². The van der Waals surface area contributed by atoms with Crippen LogP contribution in [-0.4, -0.2) is 47.9 Å². The fourth-order valence-electron chi connectivity index (χ4n) is 4.68. The third kappa shape index (κ3) is 8.85. The summed E-state index contributed by atoms with van der Waals surface area (Å²) in [6.45, 7) is 5.65. The van der Waals surface area contributed by atoms with Crippen molar-refractivity contribution in [3.05, 3.63) is 107 Å². The molecular weight excluding hydrogens is 532 g/mol. The molecule has 1 fully saturated rings. The Morgan fingerprint density at radius 1 is 0.833 bits per heavy atom. The van der Waals surface area contributed by atoms with Crippen LogP contribution < -0.4 is 10.6 Å². The quantitative estimate of drug-likeness (QED) is 0.276. The van der Waals surface area contributed by atoms with Crippen molar-refractivity contribution in [2.45, 2.75) is 64.3 Å². The molecular formula is C34H38N2O6. The predicted octanol–water partition coefficient (Wildman–Crippen LogP) is 4.51. The van der Waals surface area contributed by atoms with Crippen LogP contribution >= 0.6 is 0 Å². The van der Waals surface area contributed by atoms with Gasteiger partial charge in [-0.2, -0.15) is 0 Å². The Morgan fingerprint density at radius 2 is 1.40 bits per heavy atom. The fourth-order valence-corrected chi connectivity index (χ4v) is 4.68. The summed E-state index contributed by atoms with van der Waals surface area (Å²) in [4.78, 5) is 52.7. The zero-order valence-corrected chi connectivity index (χ0v) is 24.3. The number of ketones is 2. The Balaban J connectivity index is 1.44. The molecule has 4 rings (SSSR count). The summed E-state index contributed by atoms with van der Waals surface area (Å²) in [5.41, 5.74) is 2.77. The minimum Gasteiger partial charge on any atom is -0.445 e. The maximum absolute atomic E-state index is 13.7. The number of alkyl carbamates (subject to hydrolysis) is 1. The normalized spacial score (nSPS) is 17.8. The zero-order valence-electron chi connectivity index (χ0n) is 24.3. The van der Waals surface area contributed by atoms with E-state index in [1.165, 1.54) is 0 Å². The Hall–Kier alpha value is -4.30. The first-order chi connectivity index (χ1) is 20.1. The van der Waals surface area contributed by atoms with E-state index in [2.05, 4.69) is 10.6 Å². The lowest BCUT2D eigenvalue weighted by Gasteiger charge is -2.24. The van der Waals surface area contributed by atoms with E-state index in [9.17, 15) is 19.2 Å².